The normalized spacial score (nSPS) is 18.1. The molecule has 1 aromatic carbocycles. The summed E-state index contributed by atoms with van der Waals surface area (Å²) in [6.07, 6.45) is 0. The van der Waals surface area contributed by atoms with Gasteiger partial charge in [0.25, 0.3) is 0 Å². The molecule has 1 aromatic rings. The number of carbonyl (C=O) groups excluding carboxylic acids is 1. The summed E-state index contributed by atoms with van der Waals surface area (Å²) in [5.74, 6) is 0.0937. The number of ketones is 1. The van der Waals surface area contributed by atoms with E-state index in [1.165, 1.54) is 17.3 Å². The summed E-state index contributed by atoms with van der Waals surface area (Å²) >= 11 is 5.84. The second kappa shape index (κ2) is 6.22. The fraction of sp³-hybridized carbons (Fsp3) is 0.462. The van der Waals surface area contributed by atoms with Gasteiger partial charge in [0.2, 0.25) is 10.0 Å². The number of piperazine rings is 1. The number of halogens is 1. The van der Waals surface area contributed by atoms with E-state index >= 15 is 0 Å². The van der Waals surface area contributed by atoms with Gasteiger partial charge in [-0.1, -0.05) is 17.7 Å². The summed E-state index contributed by atoms with van der Waals surface area (Å²) in [6.45, 7) is 3.84. The van der Waals surface area contributed by atoms with E-state index in [2.05, 4.69) is 0 Å². The lowest BCUT2D eigenvalue weighted by Gasteiger charge is -2.33. The lowest BCUT2D eigenvalue weighted by Crippen LogP contribution is -2.49. The van der Waals surface area contributed by atoms with Gasteiger partial charge in [-0.3, -0.25) is 9.69 Å². The molecule has 0 radical (unpaired) electrons. The minimum absolute atomic E-state index is 0.0937. The molecule has 5 nitrogen and oxygen atoms in total. The van der Waals surface area contributed by atoms with Crippen LogP contribution in [0.3, 0.4) is 0 Å². The van der Waals surface area contributed by atoms with Gasteiger partial charge in [-0.05, 0) is 25.1 Å². The molecule has 20 heavy (non-hydrogen) atoms. The second-order valence-electron chi connectivity index (χ2n) is 4.84. The molecule has 0 atom stereocenters. The van der Waals surface area contributed by atoms with Crippen molar-refractivity contribution in [2.24, 2.45) is 0 Å². The van der Waals surface area contributed by atoms with Crippen LogP contribution >= 0.6 is 11.6 Å². The van der Waals surface area contributed by atoms with Crippen LogP contribution in [0.1, 0.15) is 6.92 Å². The van der Waals surface area contributed by atoms with Crippen molar-refractivity contribution >= 4 is 27.4 Å². The highest BCUT2D eigenvalue weighted by molar-refractivity contribution is 7.89. The molecule has 0 unspecified atom stereocenters. The van der Waals surface area contributed by atoms with Crippen molar-refractivity contribution < 1.29 is 13.2 Å². The molecule has 1 aliphatic rings. The number of hydrogen-bond donors (Lipinski definition) is 0. The summed E-state index contributed by atoms with van der Waals surface area (Å²) in [5.41, 5.74) is 0. The average Bonchev–Trinajstić information content (AvgIpc) is 2.38. The Morgan fingerprint density at radius 1 is 1.25 bits per heavy atom. The number of carbonyl (C=O) groups is 1. The molecule has 0 N–H and O–H groups in total. The van der Waals surface area contributed by atoms with Crippen molar-refractivity contribution in [3.8, 4) is 0 Å². The third kappa shape index (κ3) is 3.58. The summed E-state index contributed by atoms with van der Waals surface area (Å²) in [4.78, 5) is 13.2. The topological polar surface area (TPSA) is 57.7 Å². The van der Waals surface area contributed by atoms with Crippen molar-refractivity contribution in [2.75, 3.05) is 32.7 Å². The van der Waals surface area contributed by atoms with Crippen LogP contribution in [-0.2, 0) is 14.8 Å². The van der Waals surface area contributed by atoms with Crippen molar-refractivity contribution in [2.45, 2.75) is 11.8 Å². The fourth-order valence-corrected chi connectivity index (χ4v) is 3.94. The first-order chi connectivity index (χ1) is 9.39. The average molecular weight is 317 g/mol. The molecule has 1 fully saturated rings. The highest BCUT2D eigenvalue weighted by Crippen LogP contribution is 2.20. The van der Waals surface area contributed by atoms with Gasteiger partial charge in [-0.2, -0.15) is 4.31 Å². The molecular weight excluding hydrogens is 300 g/mol. The maximum atomic E-state index is 12.5. The van der Waals surface area contributed by atoms with Crippen LogP contribution < -0.4 is 0 Å². The molecule has 110 valence electrons. The molecule has 0 aliphatic carbocycles. The van der Waals surface area contributed by atoms with E-state index in [4.69, 9.17) is 11.6 Å². The van der Waals surface area contributed by atoms with Crippen molar-refractivity contribution in [3.63, 3.8) is 0 Å². The van der Waals surface area contributed by atoms with Gasteiger partial charge in [0.05, 0.1) is 11.4 Å². The molecule has 0 aromatic heterocycles. The number of Topliss-reactive ketones (excluding diaryl/α,β-unsaturated/α-hetero) is 1. The smallest absolute Gasteiger partial charge is 0.243 e. The van der Waals surface area contributed by atoms with E-state index in [0.717, 1.165) is 0 Å². The van der Waals surface area contributed by atoms with Gasteiger partial charge in [-0.25, -0.2) is 8.42 Å². The first kappa shape index (κ1) is 15.4. The SMILES string of the molecule is CC(=O)CN1CCN(S(=O)(=O)c2cccc(Cl)c2)CC1. The summed E-state index contributed by atoms with van der Waals surface area (Å²) in [5, 5.41) is 0.404. The Labute approximate surface area is 124 Å². The van der Waals surface area contributed by atoms with E-state index in [-0.39, 0.29) is 10.7 Å². The molecule has 7 heteroatoms. The minimum atomic E-state index is -3.50. The van der Waals surface area contributed by atoms with Crippen LogP contribution in [0.15, 0.2) is 29.2 Å². The molecule has 0 saturated carbocycles. The molecule has 0 amide bonds. The van der Waals surface area contributed by atoms with Gasteiger partial charge in [0, 0.05) is 31.2 Å². The van der Waals surface area contributed by atoms with Gasteiger partial charge in [-0.15, -0.1) is 0 Å². The third-order valence-corrected chi connectivity index (χ3v) is 5.34. The lowest BCUT2D eigenvalue weighted by atomic mass is 10.3. The maximum Gasteiger partial charge on any atom is 0.243 e. The molecule has 0 bridgehead atoms. The van der Waals surface area contributed by atoms with Crippen LogP contribution in [0.5, 0.6) is 0 Å². The van der Waals surface area contributed by atoms with Crippen LogP contribution in [0, 0.1) is 0 Å². The van der Waals surface area contributed by atoms with Gasteiger partial charge >= 0.3 is 0 Å². The van der Waals surface area contributed by atoms with Gasteiger partial charge in [0.15, 0.2) is 0 Å². The number of hydrogen-bond acceptors (Lipinski definition) is 4. The molecule has 1 aliphatic heterocycles. The predicted molar refractivity (Wildman–Crippen MR) is 77.3 cm³/mol. The largest absolute Gasteiger partial charge is 0.299 e. The monoisotopic (exact) mass is 316 g/mol. The third-order valence-electron chi connectivity index (χ3n) is 3.21. The zero-order valence-corrected chi connectivity index (χ0v) is 12.8. The van der Waals surface area contributed by atoms with Crippen molar-refractivity contribution in [3.05, 3.63) is 29.3 Å². The van der Waals surface area contributed by atoms with E-state index in [1.54, 1.807) is 18.2 Å². The van der Waals surface area contributed by atoms with E-state index < -0.39 is 10.0 Å². The quantitative estimate of drug-likeness (QED) is 0.838. The molecular formula is C13H17ClN2O3S. The highest BCUT2D eigenvalue weighted by atomic mass is 35.5. The van der Waals surface area contributed by atoms with Crippen LogP contribution in [0.25, 0.3) is 0 Å². The van der Waals surface area contributed by atoms with Crippen molar-refractivity contribution in [1.29, 1.82) is 0 Å². The standard InChI is InChI=1S/C13H17ClN2O3S/c1-11(17)10-15-5-7-16(8-6-15)20(18,19)13-4-2-3-12(14)9-13/h2-4,9H,5-8,10H2,1H3. The molecule has 0 spiro atoms. The van der Waals surface area contributed by atoms with E-state index in [0.29, 0.717) is 37.7 Å². The molecule has 1 saturated heterocycles. The fourth-order valence-electron chi connectivity index (χ4n) is 2.22. The molecule has 2 rings (SSSR count). The first-order valence-corrected chi connectivity index (χ1v) is 8.19. The Bertz CT molecular complexity index is 595. The van der Waals surface area contributed by atoms with Crippen molar-refractivity contribution in [1.82, 2.24) is 9.21 Å². The minimum Gasteiger partial charge on any atom is -0.299 e. The number of nitrogens with zero attached hydrogens (tertiary/aromatic N) is 2. The van der Waals surface area contributed by atoms with Gasteiger partial charge in [0.1, 0.15) is 5.78 Å². The zero-order chi connectivity index (χ0) is 14.8. The summed E-state index contributed by atoms with van der Waals surface area (Å²) in [7, 11) is -3.50. The second-order valence-corrected chi connectivity index (χ2v) is 7.21. The Morgan fingerprint density at radius 2 is 1.90 bits per heavy atom. The molecule has 1 heterocycles. The first-order valence-electron chi connectivity index (χ1n) is 6.37. The number of rotatable bonds is 4. The summed E-state index contributed by atoms with van der Waals surface area (Å²) < 4.78 is 26.3. The number of benzene rings is 1. The Morgan fingerprint density at radius 3 is 2.45 bits per heavy atom. The Hall–Kier alpha value is -0.950. The van der Waals surface area contributed by atoms with E-state index in [1.807, 2.05) is 4.90 Å². The maximum absolute atomic E-state index is 12.5. The lowest BCUT2D eigenvalue weighted by molar-refractivity contribution is -0.118. The summed E-state index contributed by atoms with van der Waals surface area (Å²) in [6, 6.07) is 6.27. The Kier molecular flexibility index (Phi) is 4.80. The zero-order valence-electron chi connectivity index (χ0n) is 11.3. The van der Waals surface area contributed by atoms with Gasteiger partial charge < -0.3 is 0 Å². The number of sulfonamides is 1. The Balaban J connectivity index is 2.08. The van der Waals surface area contributed by atoms with Crippen LogP contribution in [0.2, 0.25) is 5.02 Å². The van der Waals surface area contributed by atoms with E-state index in [9.17, 15) is 13.2 Å². The highest BCUT2D eigenvalue weighted by Gasteiger charge is 2.28. The predicted octanol–water partition coefficient (Wildman–Crippen LogP) is 1.24. The van der Waals surface area contributed by atoms with Crippen LogP contribution in [0.4, 0.5) is 0 Å². The van der Waals surface area contributed by atoms with Crippen LogP contribution in [-0.4, -0.2) is 56.1 Å².